The summed E-state index contributed by atoms with van der Waals surface area (Å²) in [6, 6.07) is 9.08. The third kappa shape index (κ3) is 5.53. The monoisotopic (exact) mass is 565 g/mol. The van der Waals surface area contributed by atoms with Crippen molar-refractivity contribution in [3.63, 3.8) is 0 Å². The molecule has 3 aromatic rings. The summed E-state index contributed by atoms with van der Waals surface area (Å²) in [6.07, 6.45) is 2.04. The summed E-state index contributed by atoms with van der Waals surface area (Å²) in [4.78, 5) is 33.2. The maximum absolute atomic E-state index is 13.6. The molecule has 0 atom stereocenters. The molecule has 2 aliphatic rings. The number of rotatable bonds is 8. The second-order valence-electron chi connectivity index (χ2n) is 9.71. The molecule has 1 amide bonds. The number of hydrogen-bond acceptors (Lipinski definition) is 10. The first kappa shape index (κ1) is 27.6. The summed E-state index contributed by atoms with van der Waals surface area (Å²) >= 11 is 6.30. The van der Waals surface area contributed by atoms with Crippen LogP contribution in [0.4, 0.5) is 17.5 Å². The van der Waals surface area contributed by atoms with Crippen LogP contribution in [0.25, 0.3) is 0 Å². The number of methoxy groups -OCH3 is 3. The van der Waals surface area contributed by atoms with Gasteiger partial charge in [-0.3, -0.25) is 14.6 Å². The van der Waals surface area contributed by atoms with Gasteiger partial charge in [-0.25, -0.2) is 9.98 Å². The van der Waals surface area contributed by atoms with Crippen molar-refractivity contribution in [1.29, 1.82) is 0 Å². The topological polar surface area (TPSA) is 119 Å². The molecular weight excluding hydrogens is 534 g/mol. The van der Waals surface area contributed by atoms with Crippen molar-refractivity contribution < 1.29 is 19.0 Å². The number of ether oxygens (including phenoxy) is 3. The smallest absolute Gasteiger partial charge is 0.278 e. The Morgan fingerprint density at radius 2 is 1.73 bits per heavy atom. The van der Waals surface area contributed by atoms with Crippen LogP contribution in [0.15, 0.2) is 41.5 Å². The van der Waals surface area contributed by atoms with Gasteiger partial charge in [0.05, 0.1) is 33.7 Å². The first-order valence-corrected chi connectivity index (χ1v) is 13.2. The average Bonchev–Trinajstić information content (AvgIpc) is 3.20. The predicted molar refractivity (Wildman–Crippen MR) is 154 cm³/mol. The minimum atomic E-state index is -0.222. The summed E-state index contributed by atoms with van der Waals surface area (Å²) < 4.78 is 16.3. The highest BCUT2D eigenvalue weighted by molar-refractivity contribution is 6.55. The van der Waals surface area contributed by atoms with E-state index in [-0.39, 0.29) is 23.4 Å². The molecule has 0 saturated carbocycles. The van der Waals surface area contributed by atoms with Gasteiger partial charge in [-0.1, -0.05) is 11.6 Å². The van der Waals surface area contributed by atoms with Gasteiger partial charge >= 0.3 is 0 Å². The molecule has 12 heteroatoms. The lowest BCUT2D eigenvalue weighted by molar-refractivity contribution is -0.112. The van der Waals surface area contributed by atoms with E-state index in [1.807, 2.05) is 18.2 Å². The SMILES string of the molecule is COc1cc(Cc2cnc(N=C3C(=O)N(CN4CCN(C)CC4)c4ccc(Cl)cc43)nc2N)cc(OC)c1OC. The molecule has 5 rings (SSSR count). The zero-order chi connectivity index (χ0) is 28.4. The molecule has 3 heterocycles. The zero-order valence-electron chi connectivity index (χ0n) is 23.0. The molecule has 0 bridgehead atoms. The summed E-state index contributed by atoms with van der Waals surface area (Å²) in [5.74, 6) is 1.72. The molecule has 40 heavy (non-hydrogen) atoms. The van der Waals surface area contributed by atoms with Crippen molar-refractivity contribution >= 4 is 40.7 Å². The number of aromatic nitrogens is 2. The molecule has 1 fully saturated rings. The lowest BCUT2D eigenvalue weighted by atomic mass is 10.1. The third-order valence-corrected chi connectivity index (χ3v) is 7.34. The van der Waals surface area contributed by atoms with Gasteiger partial charge in [-0.2, -0.15) is 4.98 Å². The summed E-state index contributed by atoms with van der Waals surface area (Å²) in [5, 5.41) is 0.516. The van der Waals surface area contributed by atoms with Crippen LogP contribution < -0.4 is 24.8 Å². The molecular formula is C28H32ClN7O4. The van der Waals surface area contributed by atoms with Crippen LogP contribution in [0.5, 0.6) is 17.2 Å². The molecule has 0 unspecified atom stereocenters. The quantitative estimate of drug-likeness (QED) is 0.439. The third-order valence-electron chi connectivity index (χ3n) is 7.11. The Morgan fingerprint density at radius 3 is 2.35 bits per heavy atom. The number of benzene rings is 2. The Balaban J connectivity index is 1.41. The fourth-order valence-electron chi connectivity index (χ4n) is 4.88. The Kier molecular flexibility index (Phi) is 8.06. The van der Waals surface area contributed by atoms with E-state index in [1.54, 1.807) is 44.6 Å². The van der Waals surface area contributed by atoms with Crippen molar-refractivity contribution in [3.05, 3.63) is 58.2 Å². The van der Waals surface area contributed by atoms with Crippen LogP contribution in [0.3, 0.4) is 0 Å². The number of nitrogens with two attached hydrogens (primary N) is 1. The second kappa shape index (κ2) is 11.7. The van der Waals surface area contributed by atoms with Crippen LogP contribution >= 0.6 is 11.6 Å². The molecule has 1 aromatic heterocycles. The van der Waals surface area contributed by atoms with E-state index >= 15 is 0 Å². The number of carbonyl (C=O) groups excluding carboxylic acids is 1. The highest BCUT2D eigenvalue weighted by Crippen LogP contribution is 2.39. The van der Waals surface area contributed by atoms with Crippen LogP contribution in [0.1, 0.15) is 16.7 Å². The molecule has 2 aliphatic heterocycles. The number of aliphatic imine (C=N–C) groups is 1. The molecule has 2 N–H and O–H groups in total. The standard InChI is InChI=1S/C28H32ClN7O4/c1-34-7-9-35(10-8-34)16-36-21-6-5-19(29)14-20(21)24(27(36)37)32-28-31-15-18(26(30)33-28)11-17-12-22(38-2)25(40-4)23(13-17)39-3/h5-6,12-15H,7-11,16H2,1-4H3,(H2,30,31,33). The van der Waals surface area contributed by atoms with E-state index in [2.05, 4.69) is 31.8 Å². The Labute approximate surface area is 238 Å². The molecule has 1 saturated heterocycles. The van der Waals surface area contributed by atoms with Crippen LogP contribution in [0.2, 0.25) is 5.02 Å². The molecule has 11 nitrogen and oxygen atoms in total. The Morgan fingerprint density at radius 1 is 1.02 bits per heavy atom. The molecule has 2 aromatic carbocycles. The van der Waals surface area contributed by atoms with E-state index in [9.17, 15) is 4.79 Å². The number of hydrogen-bond donors (Lipinski definition) is 1. The van der Waals surface area contributed by atoms with Gasteiger partial charge in [-0.05, 0) is 42.9 Å². The van der Waals surface area contributed by atoms with Gasteiger partial charge in [0.15, 0.2) is 11.5 Å². The fraction of sp³-hybridized carbons (Fsp3) is 0.357. The fourth-order valence-corrected chi connectivity index (χ4v) is 5.05. The highest BCUT2D eigenvalue weighted by Gasteiger charge is 2.36. The van der Waals surface area contributed by atoms with Gasteiger partial charge in [0, 0.05) is 54.9 Å². The van der Waals surface area contributed by atoms with Crippen molar-refractivity contribution in [3.8, 4) is 17.2 Å². The summed E-state index contributed by atoms with van der Waals surface area (Å²) in [7, 11) is 6.78. The van der Waals surface area contributed by atoms with Gasteiger partial charge in [0.25, 0.3) is 11.9 Å². The van der Waals surface area contributed by atoms with Crippen molar-refractivity contribution in [2.24, 2.45) is 4.99 Å². The zero-order valence-corrected chi connectivity index (χ0v) is 23.7. The molecule has 0 radical (unpaired) electrons. The number of piperazine rings is 1. The van der Waals surface area contributed by atoms with E-state index in [1.165, 1.54) is 0 Å². The molecule has 0 spiro atoms. The highest BCUT2D eigenvalue weighted by atomic mass is 35.5. The molecule has 210 valence electrons. The Hall–Kier alpha value is -3.93. The largest absolute Gasteiger partial charge is 0.493 e. The number of nitrogens with zero attached hydrogens (tertiary/aromatic N) is 6. The van der Waals surface area contributed by atoms with Gasteiger partial charge < -0.3 is 24.8 Å². The van der Waals surface area contributed by atoms with Crippen LogP contribution in [0, 0.1) is 0 Å². The number of amides is 1. The number of fused-ring (bicyclic) bond motifs is 1. The summed E-state index contributed by atoms with van der Waals surface area (Å²) in [6.45, 7) is 4.13. The van der Waals surface area contributed by atoms with E-state index < -0.39 is 0 Å². The van der Waals surface area contributed by atoms with E-state index in [4.69, 9.17) is 31.5 Å². The van der Waals surface area contributed by atoms with Gasteiger partial charge in [0.2, 0.25) is 5.75 Å². The summed E-state index contributed by atoms with van der Waals surface area (Å²) in [5.41, 5.74) is 9.54. The van der Waals surface area contributed by atoms with E-state index in [0.717, 1.165) is 37.4 Å². The maximum Gasteiger partial charge on any atom is 0.278 e. The van der Waals surface area contributed by atoms with Gasteiger partial charge in [0.1, 0.15) is 11.5 Å². The van der Waals surface area contributed by atoms with Crippen LogP contribution in [-0.4, -0.2) is 92.6 Å². The van der Waals surface area contributed by atoms with Crippen molar-refractivity contribution in [2.75, 3.05) is 71.9 Å². The van der Waals surface area contributed by atoms with Crippen molar-refractivity contribution in [2.45, 2.75) is 6.42 Å². The van der Waals surface area contributed by atoms with Gasteiger partial charge in [-0.15, -0.1) is 0 Å². The van der Waals surface area contributed by atoms with Crippen molar-refractivity contribution in [1.82, 2.24) is 19.8 Å². The maximum atomic E-state index is 13.6. The minimum Gasteiger partial charge on any atom is -0.493 e. The minimum absolute atomic E-state index is 0.0989. The van der Waals surface area contributed by atoms with Crippen LogP contribution in [-0.2, 0) is 11.2 Å². The Bertz CT molecular complexity index is 1430. The first-order valence-electron chi connectivity index (χ1n) is 12.8. The lowest BCUT2D eigenvalue weighted by Gasteiger charge is -2.34. The average molecular weight is 566 g/mol. The number of nitrogen functional groups attached to an aromatic ring is 1. The normalized spacial score (nSPS) is 16.9. The number of halogens is 1. The number of anilines is 2. The number of likely N-dealkylation sites (N-methyl/N-ethyl adjacent to an activating group) is 1. The first-order chi connectivity index (χ1) is 19.3. The number of carbonyl (C=O) groups is 1. The lowest BCUT2D eigenvalue weighted by Crippen LogP contribution is -2.49. The molecule has 0 aliphatic carbocycles. The van der Waals surface area contributed by atoms with E-state index in [0.29, 0.717) is 46.5 Å². The predicted octanol–water partition coefficient (Wildman–Crippen LogP) is 3.00. The second-order valence-corrected chi connectivity index (χ2v) is 10.1.